The second kappa shape index (κ2) is 5.00. The molecule has 0 aliphatic heterocycles. The molecule has 0 aliphatic rings. The maximum atomic E-state index is 9.60. The highest BCUT2D eigenvalue weighted by Gasteiger charge is 2.05. The number of nitrogens with zero attached hydrogens (tertiary/aromatic N) is 4. The smallest absolute Gasteiger partial charge is 0.181 e. The lowest BCUT2D eigenvalue weighted by Gasteiger charge is -1.99. The predicted octanol–water partition coefficient (Wildman–Crippen LogP) is 2.58. The summed E-state index contributed by atoms with van der Waals surface area (Å²) in [5.41, 5.74) is 2.43. The SMILES string of the molecule is Cc1cc(O)cc(-c2ncn(/C=C\c3ccon3)n2)c1. The van der Waals surface area contributed by atoms with Crippen LogP contribution in [-0.4, -0.2) is 25.0 Å². The molecule has 0 saturated carbocycles. The van der Waals surface area contributed by atoms with Gasteiger partial charge in [-0.3, -0.25) is 0 Å². The summed E-state index contributed by atoms with van der Waals surface area (Å²) in [7, 11) is 0. The molecule has 0 aliphatic carbocycles. The molecule has 3 rings (SSSR count). The Labute approximate surface area is 115 Å². The summed E-state index contributed by atoms with van der Waals surface area (Å²) in [6.07, 6.45) is 6.58. The Bertz CT molecular complexity index is 724. The Morgan fingerprint density at radius 1 is 1.30 bits per heavy atom. The van der Waals surface area contributed by atoms with Gasteiger partial charge in [-0.05, 0) is 36.8 Å². The third-order valence-corrected chi connectivity index (χ3v) is 2.68. The molecule has 0 fully saturated rings. The van der Waals surface area contributed by atoms with Crippen LogP contribution in [0.25, 0.3) is 23.7 Å². The van der Waals surface area contributed by atoms with E-state index in [0.717, 1.165) is 11.1 Å². The summed E-state index contributed by atoms with van der Waals surface area (Å²) in [6.45, 7) is 1.91. The molecule has 2 aromatic heterocycles. The molecule has 2 heterocycles. The van der Waals surface area contributed by atoms with Gasteiger partial charge in [0.25, 0.3) is 0 Å². The molecule has 100 valence electrons. The van der Waals surface area contributed by atoms with Crippen molar-refractivity contribution >= 4 is 12.3 Å². The second-order valence-electron chi connectivity index (χ2n) is 4.35. The second-order valence-corrected chi connectivity index (χ2v) is 4.35. The van der Waals surface area contributed by atoms with Crippen LogP contribution in [0.1, 0.15) is 11.3 Å². The Hall–Kier alpha value is -2.89. The van der Waals surface area contributed by atoms with Crippen molar-refractivity contribution in [1.29, 1.82) is 0 Å². The molecule has 0 radical (unpaired) electrons. The monoisotopic (exact) mass is 268 g/mol. The van der Waals surface area contributed by atoms with Crippen LogP contribution in [0.4, 0.5) is 0 Å². The van der Waals surface area contributed by atoms with Crippen molar-refractivity contribution < 1.29 is 9.63 Å². The molecular weight excluding hydrogens is 256 g/mol. The van der Waals surface area contributed by atoms with Crippen LogP contribution in [-0.2, 0) is 0 Å². The minimum Gasteiger partial charge on any atom is -0.508 e. The number of hydrogen-bond donors (Lipinski definition) is 1. The number of benzene rings is 1. The maximum Gasteiger partial charge on any atom is 0.181 e. The van der Waals surface area contributed by atoms with Gasteiger partial charge in [0, 0.05) is 17.8 Å². The van der Waals surface area contributed by atoms with Gasteiger partial charge in [0.2, 0.25) is 0 Å². The summed E-state index contributed by atoms with van der Waals surface area (Å²) in [5, 5.41) is 17.7. The Kier molecular flexibility index (Phi) is 3.04. The zero-order chi connectivity index (χ0) is 13.9. The van der Waals surface area contributed by atoms with Crippen molar-refractivity contribution in [1.82, 2.24) is 19.9 Å². The van der Waals surface area contributed by atoms with Crippen LogP contribution in [0.5, 0.6) is 5.75 Å². The fourth-order valence-corrected chi connectivity index (χ4v) is 1.83. The zero-order valence-corrected chi connectivity index (χ0v) is 10.8. The highest BCUT2D eigenvalue weighted by molar-refractivity contribution is 5.60. The van der Waals surface area contributed by atoms with Gasteiger partial charge in [-0.25, -0.2) is 9.67 Å². The van der Waals surface area contributed by atoms with Gasteiger partial charge in [-0.1, -0.05) is 5.16 Å². The molecule has 0 atom stereocenters. The number of phenolic OH excluding ortho intramolecular Hbond substituents is 1. The first-order valence-electron chi connectivity index (χ1n) is 6.01. The first-order chi connectivity index (χ1) is 9.70. The number of rotatable bonds is 3. The lowest BCUT2D eigenvalue weighted by Crippen LogP contribution is -1.88. The predicted molar refractivity (Wildman–Crippen MR) is 73.6 cm³/mol. The van der Waals surface area contributed by atoms with Crippen molar-refractivity contribution in [3.8, 4) is 17.1 Å². The third-order valence-electron chi connectivity index (χ3n) is 2.68. The summed E-state index contributed by atoms with van der Waals surface area (Å²) in [6, 6.07) is 6.98. The molecular formula is C14H12N4O2. The van der Waals surface area contributed by atoms with Crippen molar-refractivity contribution in [3.05, 3.63) is 48.1 Å². The van der Waals surface area contributed by atoms with Gasteiger partial charge in [-0.15, -0.1) is 5.10 Å². The van der Waals surface area contributed by atoms with E-state index >= 15 is 0 Å². The molecule has 20 heavy (non-hydrogen) atoms. The molecule has 0 amide bonds. The maximum absolute atomic E-state index is 9.60. The highest BCUT2D eigenvalue weighted by atomic mass is 16.5. The average Bonchev–Trinajstić information content (AvgIpc) is 3.07. The largest absolute Gasteiger partial charge is 0.508 e. The van der Waals surface area contributed by atoms with Gasteiger partial charge >= 0.3 is 0 Å². The number of aryl methyl sites for hydroxylation is 1. The van der Waals surface area contributed by atoms with Crippen molar-refractivity contribution in [2.75, 3.05) is 0 Å². The third kappa shape index (κ3) is 2.59. The quantitative estimate of drug-likeness (QED) is 0.790. The van der Waals surface area contributed by atoms with Gasteiger partial charge in [0.1, 0.15) is 24.0 Å². The lowest BCUT2D eigenvalue weighted by atomic mass is 10.1. The zero-order valence-electron chi connectivity index (χ0n) is 10.8. The minimum atomic E-state index is 0.203. The van der Waals surface area contributed by atoms with Crippen molar-refractivity contribution in [3.63, 3.8) is 0 Å². The van der Waals surface area contributed by atoms with Crippen LogP contribution in [0.2, 0.25) is 0 Å². The molecule has 0 unspecified atom stereocenters. The minimum absolute atomic E-state index is 0.203. The standard InChI is InChI=1S/C14H12N4O2/c1-10-6-11(8-13(19)7-10)14-15-9-18(16-14)4-2-12-3-5-20-17-12/h2-9,19H,1H3/b4-2-. The molecule has 6 nitrogen and oxygen atoms in total. The van der Waals surface area contributed by atoms with Gasteiger partial charge in [0.05, 0.1) is 0 Å². The van der Waals surface area contributed by atoms with Gasteiger partial charge in [-0.2, -0.15) is 0 Å². The van der Waals surface area contributed by atoms with Crippen molar-refractivity contribution in [2.24, 2.45) is 0 Å². The van der Waals surface area contributed by atoms with E-state index in [1.165, 1.54) is 6.26 Å². The van der Waals surface area contributed by atoms with E-state index in [1.54, 1.807) is 41.5 Å². The van der Waals surface area contributed by atoms with Crippen LogP contribution >= 0.6 is 0 Å². The first kappa shape index (κ1) is 12.2. The Balaban J connectivity index is 1.86. The number of hydrogen-bond acceptors (Lipinski definition) is 5. The van der Waals surface area contributed by atoms with E-state index in [9.17, 15) is 5.11 Å². The highest BCUT2D eigenvalue weighted by Crippen LogP contribution is 2.22. The molecule has 1 aromatic carbocycles. The Morgan fingerprint density at radius 2 is 2.20 bits per heavy atom. The summed E-state index contributed by atoms with van der Waals surface area (Å²) < 4.78 is 6.30. The summed E-state index contributed by atoms with van der Waals surface area (Å²) in [5.74, 6) is 0.753. The van der Waals surface area contributed by atoms with E-state index in [0.29, 0.717) is 11.5 Å². The fraction of sp³-hybridized carbons (Fsp3) is 0.0714. The van der Waals surface area contributed by atoms with Gasteiger partial charge < -0.3 is 9.63 Å². The fourth-order valence-electron chi connectivity index (χ4n) is 1.83. The van der Waals surface area contributed by atoms with Crippen LogP contribution in [0.15, 0.2) is 41.4 Å². The molecule has 6 heteroatoms. The summed E-state index contributed by atoms with van der Waals surface area (Å²) >= 11 is 0. The van der Waals surface area contributed by atoms with Crippen LogP contribution in [0, 0.1) is 6.92 Å². The molecule has 1 N–H and O–H groups in total. The lowest BCUT2D eigenvalue weighted by molar-refractivity contribution is 0.418. The van der Waals surface area contributed by atoms with E-state index in [4.69, 9.17) is 4.52 Å². The van der Waals surface area contributed by atoms with E-state index in [2.05, 4.69) is 15.2 Å². The number of aromatic hydroxyl groups is 1. The Morgan fingerprint density at radius 3 is 2.95 bits per heavy atom. The topological polar surface area (TPSA) is 77.0 Å². The van der Waals surface area contributed by atoms with Crippen LogP contribution < -0.4 is 0 Å². The molecule has 0 spiro atoms. The van der Waals surface area contributed by atoms with E-state index in [-0.39, 0.29) is 5.75 Å². The first-order valence-corrected chi connectivity index (χ1v) is 6.01. The number of aromatic nitrogens is 4. The van der Waals surface area contributed by atoms with Gasteiger partial charge in [0.15, 0.2) is 5.82 Å². The average molecular weight is 268 g/mol. The molecule has 0 bridgehead atoms. The molecule has 0 saturated heterocycles. The van der Waals surface area contributed by atoms with E-state index in [1.807, 2.05) is 13.0 Å². The summed E-state index contributed by atoms with van der Waals surface area (Å²) in [4.78, 5) is 4.21. The van der Waals surface area contributed by atoms with Crippen molar-refractivity contribution in [2.45, 2.75) is 6.92 Å². The molecule has 3 aromatic rings. The van der Waals surface area contributed by atoms with Crippen LogP contribution in [0.3, 0.4) is 0 Å². The normalized spacial score (nSPS) is 11.2. The number of phenols is 1. The van der Waals surface area contributed by atoms with E-state index < -0.39 is 0 Å².